The van der Waals surface area contributed by atoms with Gasteiger partial charge in [-0.05, 0) is 166 Å². The average molecular weight is 1110 g/mol. The van der Waals surface area contributed by atoms with Crippen LogP contribution in [0, 0.1) is 94.3 Å². The van der Waals surface area contributed by atoms with Crippen molar-refractivity contribution >= 4 is 66.4 Å². The van der Waals surface area contributed by atoms with Crippen LogP contribution in [0.5, 0.6) is 0 Å². The second kappa shape index (κ2) is 20.9. The first-order valence-electron chi connectivity index (χ1n) is 25.8. The molecule has 0 saturated heterocycles. The molecule has 0 atom stereocenters. The van der Waals surface area contributed by atoms with Crippen LogP contribution in [-0.4, -0.2) is 9.13 Å². The Balaban J connectivity index is 1.26. The molecule has 15 heteroatoms. The fourth-order valence-corrected chi connectivity index (χ4v) is 11.3. The summed E-state index contributed by atoms with van der Waals surface area (Å²) in [6, 6.07) is 59.4. The predicted molar refractivity (Wildman–Crippen MR) is 321 cm³/mol. The molecule has 2 heterocycles. The van der Waals surface area contributed by atoms with E-state index >= 15 is 13.2 Å². The Kier molecular flexibility index (Phi) is 12.9. The first-order valence-corrected chi connectivity index (χ1v) is 25.8. The Morgan fingerprint density at radius 2 is 0.674 bits per heavy atom. The highest BCUT2D eigenvalue weighted by Gasteiger charge is 2.36. The Hall–Kier alpha value is -13.5. The van der Waals surface area contributed by atoms with Crippen LogP contribution in [0.15, 0.2) is 176 Å². The molecule has 0 aliphatic rings. The van der Waals surface area contributed by atoms with E-state index < -0.39 is 17.3 Å². The first kappa shape index (κ1) is 53.1. The van der Waals surface area contributed by atoms with Crippen molar-refractivity contribution < 1.29 is 13.2 Å². The topological polar surface area (TPSA) is 170 Å². The maximum Gasteiger partial charge on any atom is 0.417 e. The standard InChI is InChI=1S/C71H29F3N12/c1-81-54-20-40(34-75)16-49(24-54)44-8-12-58-59-13-9-45(50-17-41(35-76)21-55(25-50)82-2)29-66(59)85(65(58)28-44)64-33-62(70-48(38-79)6-5-7-63(70)71(72,73)74)69(32-53(64)39-80)86-67-30-46(51-18-42(36-77)22-56(26-51)83-3)10-14-60(67)61-15-11-47(31-68(61)86)52-19-43(37-78)23-57(27-52)84-4/h5-33H. The van der Waals surface area contributed by atoms with E-state index in [-0.39, 0.29) is 73.1 Å². The van der Waals surface area contributed by atoms with Crippen molar-refractivity contribution in [3.05, 3.63) is 261 Å². The number of hydrogen-bond donors (Lipinski definition) is 0. The van der Waals surface area contributed by atoms with Gasteiger partial charge in [-0.2, -0.15) is 44.7 Å². The molecule has 0 spiro atoms. The van der Waals surface area contributed by atoms with Crippen molar-refractivity contribution in [2.24, 2.45) is 0 Å². The molecule has 0 unspecified atom stereocenters. The largest absolute Gasteiger partial charge is 0.417 e. The van der Waals surface area contributed by atoms with Gasteiger partial charge in [0, 0.05) is 54.9 Å². The Morgan fingerprint density at radius 1 is 0.337 bits per heavy atom. The summed E-state index contributed by atoms with van der Waals surface area (Å²) in [6.07, 6.45) is -5.06. The number of fused-ring (bicyclic) bond motifs is 6. The molecule has 0 aliphatic carbocycles. The van der Waals surface area contributed by atoms with Crippen LogP contribution >= 0.6 is 0 Å². The number of nitrogens with zero attached hydrogens (tertiary/aromatic N) is 12. The summed E-state index contributed by atoms with van der Waals surface area (Å²) in [6.45, 7) is 31.3. The summed E-state index contributed by atoms with van der Waals surface area (Å²) < 4.78 is 51.4. The second-order valence-electron chi connectivity index (χ2n) is 19.9. The maximum absolute atomic E-state index is 16.0. The van der Waals surface area contributed by atoms with Gasteiger partial charge in [0.25, 0.3) is 0 Å². The maximum atomic E-state index is 16.0. The molecule has 0 saturated carbocycles. The van der Waals surface area contributed by atoms with Gasteiger partial charge in [0.2, 0.25) is 0 Å². The fraction of sp³-hybridized carbons (Fsp3) is 0.0141. The van der Waals surface area contributed by atoms with Crippen LogP contribution in [-0.2, 0) is 6.18 Å². The van der Waals surface area contributed by atoms with Gasteiger partial charge >= 0.3 is 6.18 Å². The van der Waals surface area contributed by atoms with E-state index in [4.69, 9.17) is 26.3 Å². The van der Waals surface area contributed by atoms with Gasteiger partial charge in [0.15, 0.2) is 22.7 Å². The Morgan fingerprint density at radius 3 is 0.977 bits per heavy atom. The van der Waals surface area contributed by atoms with Crippen LogP contribution in [0.1, 0.15) is 38.9 Å². The molecule has 12 nitrogen and oxygen atoms in total. The lowest BCUT2D eigenvalue weighted by Crippen LogP contribution is -2.11. The van der Waals surface area contributed by atoms with Crippen LogP contribution in [0.2, 0.25) is 0 Å². The third-order valence-electron chi connectivity index (χ3n) is 15.0. The summed E-state index contributed by atoms with van der Waals surface area (Å²) in [5.41, 5.74) is 5.26. The second-order valence-corrected chi connectivity index (χ2v) is 19.9. The lowest BCUT2D eigenvalue weighted by atomic mass is 9.91. The molecule has 0 bridgehead atoms. The molecular weight excluding hydrogens is 1080 g/mol. The first-order chi connectivity index (χ1) is 41.7. The van der Waals surface area contributed by atoms with Crippen LogP contribution < -0.4 is 0 Å². The van der Waals surface area contributed by atoms with E-state index in [1.54, 1.807) is 94.1 Å². The minimum atomic E-state index is -5.06. The molecule has 0 aliphatic heterocycles. The minimum Gasteiger partial charge on any atom is -0.309 e. The summed E-state index contributed by atoms with van der Waals surface area (Å²) in [5.74, 6) is 0. The fourth-order valence-electron chi connectivity index (χ4n) is 11.3. The zero-order chi connectivity index (χ0) is 60.1. The smallest absolute Gasteiger partial charge is 0.309 e. The third kappa shape index (κ3) is 9.00. The van der Waals surface area contributed by atoms with Crippen molar-refractivity contribution in [2.45, 2.75) is 6.18 Å². The molecule has 12 rings (SSSR count). The lowest BCUT2D eigenvalue weighted by Gasteiger charge is -2.22. The normalized spacial score (nSPS) is 10.8. The number of hydrogen-bond acceptors (Lipinski definition) is 6. The third-order valence-corrected chi connectivity index (χ3v) is 15.0. The van der Waals surface area contributed by atoms with E-state index in [1.165, 1.54) is 42.5 Å². The molecular formula is C71H29F3N12. The molecule has 10 aromatic carbocycles. The number of rotatable bonds is 7. The van der Waals surface area contributed by atoms with Crippen molar-refractivity contribution in [1.29, 1.82) is 31.6 Å². The SMILES string of the molecule is [C-]#[N+]c1cc(C#N)cc(-c2ccc3c4ccc(-c5cc(C#N)cc([N+]#[C-])c5)cc4n(-c4cc(-c5c(C#N)cccc5C(F)(F)F)c(-n5c6cc(-c7cc(C#N)cc([N+]#[C-])c7)ccc6c6ccc(-c7cc(C#N)cc([N+]#[C-])c7)cc65)cc4C#N)c3c2)c1. The molecule has 394 valence electrons. The van der Waals surface area contributed by atoms with E-state index in [9.17, 15) is 31.6 Å². The van der Waals surface area contributed by atoms with Gasteiger partial charge in [-0.25, -0.2) is 19.4 Å². The molecule has 0 radical (unpaired) electrons. The highest BCUT2D eigenvalue weighted by molar-refractivity contribution is 6.14. The molecule has 86 heavy (non-hydrogen) atoms. The average Bonchev–Trinajstić information content (AvgIpc) is 1.90. The number of benzene rings is 10. The summed E-state index contributed by atoms with van der Waals surface area (Å²) in [7, 11) is 0. The van der Waals surface area contributed by atoms with Gasteiger partial charge in [0.05, 0.1) is 107 Å². The summed E-state index contributed by atoms with van der Waals surface area (Å²) >= 11 is 0. The van der Waals surface area contributed by atoms with E-state index in [0.29, 0.717) is 88.1 Å². The van der Waals surface area contributed by atoms with E-state index in [1.807, 2.05) is 42.5 Å². The number of aromatic nitrogens is 2. The van der Waals surface area contributed by atoms with Crippen molar-refractivity contribution in [2.75, 3.05) is 0 Å². The van der Waals surface area contributed by atoms with Crippen LogP contribution in [0.4, 0.5) is 35.9 Å². The van der Waals surface area contributed by atoms with Gasteiger partial charge in [-0.1, -0.05) is 54.6 Å². The molecule has 2 aromatic heterocycles. The van der Waals surface area contributed by atoms with Crippen molar-refractivity contribution in [3.8, 4) is 103 Å². The van der Waals surface area contributed by atoms with E-state index in [0.717, 1.165) is 12.1 Å². The predicted octanol–water partition coefficient (Wildman–Crippen LogP) is 18.7. The number of nitriles is 6. The Bertz CT molecular complexity index is 5100. The highest BCUT2D eigenvalue weighted by atomic mass is 19.4. The van der Waals surface area contributed by atoms with Crippen LogP contribution in [0.25, 0.3) is 130 Å². The molecule has 0 N–H and O–H groups in total. The quantitative estimate of drug-likeness (QED) is 0.144. The summed E-state index contributed by atoms with van der Waals surface area (Å²) in [4.78, 5) is 14.4. The van der Waals surface area contributed by atoms with Gasteiger partial charge in [-0.15, -0.1) is 0 Å². The zero-order valence-electron chi connectivity index (χ0n) is 44.2. The number of alkyl halides is 3. The number of halogens is 3. The van der Waals surface area contributed by atoms with E-state index in [2.05, 4.69) is 49.7 Å². The van der Waals surface area contributed by atoms with Crippen LogP contribution in [0.3, 0.4) is 0 Å². The van der Waals surface area contributed by atoms with Gasteiger partial charge in [-0.3, -0.25) is 0 Å². The van der Waals surface area contributed by atoms with Gasteiger partial charge in [0.1, 0.15) is 6.07 Å². The van der Waals surface area contributed by atoms with Crippen molar-refractivity contribution in [3.63, 3.8) is 0 Å². The van der Waals surface area contributed by atoms with Gasteiger partial charge < -0.3 is 9.13 Å². The highest BCUT2D eigenvalue weighted by Crippen LogP contribution is 2.48. The van der Waals surface area contributed by atoms with Crippen molar-refractivity contribution in [1.82, 2.24) is 9.13 Å². The minimum absolute atomic E-state index is 0.0233. The monoisotopic (exact) mass is 1110 g/mol. The molecule has 12 aromatic rings. The lowest BCUT2D eigenvalue weighted by molar-refractivity contribution is -0.137. The molecule has 0 amide bonds. The Labute approximate surface area is 488 Å². The summed E-state index contributed by atoms with van der Waals surface area (Å²) in [5, 5.41) is 65.2. The zero-order valence-corrected chi connectivity index (χ0v) is 44.2. The molecule has 0 fully saturated rings.